The van der Waals surface area contributed by atoms with Gasteiger partial charge in [-0.25, -0.2) is 9.50 Å². The molecule has 0 atom stereocenters. The maximum Gasteiger partial charge on any atom is 0.226 e. The van der Waals surface area contributed by atoms with Crippen LogP contribution in [0.1, 0.15) is 22.8 Å². The van der Waals surface area contributed by atoms with Gasteiger partial charge in [0.15, 0.2) is 11.5 Å². The molecule has 0 spiro atoms. The van der Waals surface area contributed by atoms with Crippen LogP contribution in [0.15, 0.2) is 48.8 Å². The smallest absolute Gasteiger partial charge is 0.226 e. The third-order valence-electron chi connectivity index (χ3n) is 3.99. The van der Waals surface area contributed by atoms with Crippen LogP contribution < -0.4 is 0 Å². The molecule has 0 saturated heterocycles. The molecule has 0 radical (unpaired) electrons. The fourth-order valence-corrected chi connectivity index (χ4v) is 2.81. The predicted molar refractivity (Wildman–Crippen MR) is 97.1 cm³/mol. The van der Waals surface area contributed by atoms with E-state index in [0.29, 0.717) is 11.6 Å². The van der Waals surface area contributed by atoms with Crippen molar-refractivity contribution in [2.45, 2.75) is 13.8 Å². The predicted octanol–water partition coefficient (Wildman–Crippen LogP) is 3.15. The molecule has 5 heteroatoms. The Bertz CT molecular complexity index is 1120. The van der Waals surface area contributed by atoms with Crippen LogP contribution in [0.5, 0.6) is 0 Å². The highest BCUT2D eigenvalue weighted by Gasteiger charge is 2.07. The van der Waals surface area contributed by atoms with Crippen molar-refractivity contribution in [3.63, 3.8) is 0 Å². The van der Waals surface area contributed by atoms with Gasteiger partial charge in [0, 0.05) is 25.0 Å². The molecular weight excluding hydrogens is 310 g/mol. The lowest BCUT2D eigenvalue weighted by Crippen LogP contribution is -1.91. The highest BCUT2D eigenvalue weighted by molar-refractivity contribution is 5.59. The molecule has 0 bridgehead atoms. The number of nitrogens with zero attached hydrogens (tertiary/aromatic N) is 5. The molecule has 0 aliphatic rings. The van der Waals surface area contributed by atoms with E-state index in [1.807, 2.05) is 68.2 Å². The van der Waals surface area contributed by atoms with Gasteiger partial charge in [0.2, 0.25) is 5.82 Å². The number of fused-ring (bicyclic) bond motifs is 1. The SMILES string of the molecule is Cc1cc(C)c2nc(C#Cc3nc(-c4ccccc4)cn3C)nn2c1. The third-order valence-corrected chi connectivity index (χ3v) is 3.99. The van der Waals surface area contributed by atoms with Gasteiger partial charge in [0.05, 0.1) is 5.69 Å². The largest absolute Gasteiger partial charge is 0.327 e. The Hall–Kier alpha value is -3.39. The van der Waals surface area contributed by atoms with Crippen LogP contribution in [-0.4, -0.2) is 24.1 Å². The van der Waals surface area contributed by atoms with Crippen LogP contribution in [0.4, 0.5) is 0 Å². The van der Waals surface area contributed by atoms with Crippen molar-refractivity contribution in [3.8, 4) is 23.1 Å². The Morgan fingerprint density at radius 2 is 1.76 bits per heavy atom. The van der Waals surface area contributed by atoms with Gasteiger partial charge in [-0.1, -0.05) is 36.4 Å². The van der Waals surface area contributed by atoms with Crippen molar-refractivity contribution in [1.29, 1.82) is 0 Å². The summed E-state index contributed by atoms with van der Waals surface area (Å²) in [6.07, 6.45) is 3.93. The molecule has 0 unspecified atom stereocenters. The van der Waals surface area contributed by atoms with Gasteiger partial charge in [-0.05, 0) is 36.8 Å². The lowest BCUT2D eigenvalue weighted by atomic mass is 10.2. The molecule has 5 nitrogen and oxygen atoms in total. The summed E-state index contributed by atoms with van der Waals surface area (Å²) in [4.78, 5) is 9.11. The van der Waals surface area contributed by atoms with Crippen LogP contribution in [-0.2, 0) is 7.05 Å². The molecule has 0 amide bonds. The van der Waals surface area contributed by atoms with Gasteiger partial charge in [-0.15, -0.1) is 5.10 Å². The molecule has 122 valence electrons. The second kappa shape index (κ2) is 5.91. The number of hydrogen-bond acceptors (Lipinski definition) is 3. The van der Waals surface area contributed by atoms with E-state index < -0.39 is 0 Å². The Balaban J connectivity index is 1.70. The highest BCUT2D eigenvalue weighted by atomic mass is 15.3. The van der Waals surface area contributed by atoms with Gasteiger partial charge in [-0.2, -0.15) is 4.98 Å². The van der Waals surface area contributed by atoms with E-state index in [2.05, 4.69) is 33.0 Å². The van der Waals surface area contributed by atoms with Gasteiger partial charge in [0.1, 0.15) is 0 Å². The minimum absolute atomic E-state index is 0.498. The lowest BCUT2D eigenvalue weighted by molar-refractivity contribution is 0.893. The zero-order valence-electron chi connectivity index (χ0n) is 14.4. The number of rotatable bonds is 1. The first kappa shape index (κ1) is 15.2. The lowest BCUT2D eigenvalue weighted by Gasteiger charge is -1.97. The molecule has 4 aromatic rings. The molecule has 1 aromatic carbocycles. The van der Waals surface area contributed by atoms with Gasteiger partial charge in [-0.3, -0.25) is 0 Å². The molecule has 0 N–H and O–H groups in total. The van der Waals surface area contributed by atoms with Crippen LogP contribution in [0.25, 0.3) is 16.9 Å². The highest BCUT2D eigenvalue weighted by Crippen LogP contribution is 2.17. The van der Waals surface area contributed by atoms with Crippen LogP contribution >= 0.6 is 0 Å². The third kappa shape index (κ3) is 2.90. The second-order valence-corrected chi connectivity index (χ2v) is 6.08. The van der Waals surface area contributed by atoms with Crippen LogP contribution in [0.3, 0.4) is 0 Å². The van der Waals surface area contributed by atoms with E-state index in [9.17, 15) is 0 Å². The molecule has 3 heterocycles. The molecule has 0 aliphatic heterocycles. The minimum atomic E-state index is 0.498. The van der Waals surface area contributed by atoms with E-state index in [1.165, 1.54) is 0 Å². The second-order valence-electron chi connectivity index (χ2n) is 6.08. The number of pyridine rings is 1. The van der Waals surface area contributed by atoms with E-state index in [1.54, 1.807) is 4.52 Å². The van der Waals surface area contributed by atoms with Gasteiger partial charge in [0.25, 0.3) is 0 Å². The first-order chi connectivity index (χ1) is 12.1. The molecule has 0 saturated carbocycles. The normalized spacial score (nSPS) is 10.7. The summed E-state index contributed by atoms with van der Waals surface area (Å²) in [6, 6.07) is 12.2. The van der Waals surface area contributed by atoms with Crippen molar-refractivity contribution < 1.29 is 0 Å². The number of imidazole rings is 1. The maximum atomic E-state index is 4.61. The molecule has 25 heavy (non-hydrogen) atoms. The van der Waals surface area contributed by atoms with E-state index in [4.69, 9.17) is 0 Å². The monoisotopic (exact) mass is 327 g/mol. The number of aryl methyl sites for hydroxylation is 3. The Morgan fingerprint density at radius 3 is 2.56 bits per heavy atom. The quantitative estimate of drug-likeness (QED) is 0.505. The zero-order valence-corrected chi connectivity index (χ0v) is 14.4. The fraction of sp³-hybridized carbons (Fsp3) is 0.150. The Morgan fingerprint density at radius 1 is 0.960 bits per heavy atom. The summed E-state index contributed by atoms with van der Waals surface area (Å²) in [5.74, 6) is 7.29. The standard InChI is InChI=1S/C20H17N5/c1-14-11-15(2)20-22-18(23-25(20)12-14)9-10-19-21-17(13-24(19)3)16-7-5-4-6-8-16/h4-8,11-13H,1-3H3. The molecule has 0 fully saturated rings. The average Bonchev–Trinajstić information content (AvgIpc) is 3.17. The summed E-state index contributed by atoms with van der Waals surface area (Å²) >= 11 is 0. The molecular formula is C20H17N5. The number of hydrogen-bond donors (Lipinski definition) is 0. The number of aromatic nitrogens is 5. The summed E-state index contributed by atoms with van der Waals surface area (Å²) in [5.41, 5.74) is 5.04. The summed E-state index contributed by atoms with van der Waals surface area (Å²) in [7, 11) is 1.94. The van der Waals surface area contributed by atoms with Gasteiger partial charge >= 0.3 is 0 Å². The fourth-order valence-electron chi connectivity index (χ4n) is 2.81. The van der Waals surface area contributed by atoms with E-state index >= 15 is 0 Å². The van der Waals surface area contributed by atoms with Crippen molar-refractivity contribution >= 4 is 5.65 Å². The first-order valence-electron chi connectivity index (χ1n) is 8.04. The van der Waals surface area contributed by atoms with Crippen molar-refractivity contribution in [2.75, 3.05) is 0 Å². The zero-order chi connectivity index (χ0) is 17.4. The Kier molecular flexibility index (Phi) is 3.58. The van der Waals surface area contributed by atoms with Crippen molar-refractivity contribution in [1.82, 2.24) is 24.1 Å². The van der Waals surface area contributed by atoms with E-state index in [0.717, 1.165) is 28.0 Å². The summed E-state index contributed by atoms with van der Waals surface area (Å²) < 4.78 is 3.70. The van der Waals surface area contributed by atoms with Crippen molar-refractivity contribution in [3.05, 3.63) is 71.6 Å². The van der Waals surface area contributed by atoms with Crippen LogP contribution in [0.2, 0.25) is 0 Å². The summed E-state index contributed by atoms with van der Waals surface area (Å²) in [6.45, 7) is 4.07. The molecule has 0 aliphatic carbocycles. The first-order valence-corrected chi connectivity index (χ1v) is 8.04. The van der Waals surface area contributed by atoms with Crippen molar-refractivity contribution in [2.24, 2.45) is 7.05 Å². The average molecular weight is 327 g/mol. The topological polar surface area (TPSA) is 48.0 Å². The minimum Gasteiger partial charge on any atom is -0.327 e. The molecule has 4 rings (SSSR count). The van der Waals surface area contributed by atoms with Crippen LogP contribution in [0, 0.1) is 25.7 Å². The Labute approximate surface area is 146 Å². The number of benzene rings is 1. The summed E-state index contributed by atoms with van der Waals surface area (Å²) in [5, 5.41) is 4.44. The maximum absolute atomic E-state index is 4.61. The van der Waals surface area contributed by atoms with Gasteiger partial charge < -0.3 is 4.57 Å². The van der Waals surface area contributed by atoms with E-state index in [-0.39, 0.29) is 0 Å². The molecule has 3 aromatic heterocycles.